The molecule has 1 aromatic heterocycles. The van der Waals surface area contributed by atoms with Crippen molar-refractivity contribution in [1.82, 2.24) is 15.8 Å². The minimum Gasteiger partial charge on any atom is -0.357 e. The zero-order valence-corrected chi connectivity index (χ0v) is 12.8. The van der Waals surface area contributed by atoms with E-state index in [9.17, 15) is 9.59 Å². The number of hydrogen-bond donors (Lipinski definition) is 3. The summed E-state index contributed by atoms with van der Waals surface area (Å²) in [5.41, 5.74) is 10.5. The number of hydrazine groups is 1. The Labute approximate surface area is 138 Å². The summed E-state index contributed by atoms with van der Waals surface area (Å²) in [6.45, 7) is 0. The summed E-state index contributed by atoms with van der Waals surface area (Å²) in [6, 6.07) is 17.2. The summed E-state index contributed by atoms with van der Waals surface area (Å²) in [4.78, 5) is 26.9. The third-order valence-electron chi connectivity index (χ3n) is 4.19. The summed E-state index contributed by atoms with van der Waals surface area (Å²) in [5.74, 6) is -0.726. The van der Waals surface area contributed by atoms with Crippen molar-refractivity contribution in [3.63, 3.8) is 0 Å². The highest BCUT2D eigenvalue weighted by molar-refractivity contribution is 5.99. The van der Waals surface area contributed by atoms with Crippen LogP contribution in [0.3, 0.4) is 0 Å². The highest BCUT2D eigenvalue weighted by Gasteiger charge is 2.19. The van der Waals surface area contributed by atoms with Crippen LogP contribution < -0.4 is 10.9 Å². The normalized spacial score (nSPS) is 11.5. The molecule has 118 valence electrons. The van der Waals surface area contributed by atoms with Gasteiger partial charge in [-0.2, -0.15) is 0 Å². The fourth-order valence-electron chi connectivity index (χ4n) is 3.01. The van der Waals surface area contributed by atoms with Gasteiger partial charge in [0.15, 0.2) is 0 Å². The number of H-pyrrole nitrogens is 1. The molecule has 0 fully saturated rings. The number of aromatic amines is 1. The molecule has 0 radical (unpaired) electrons. The lowest BCUT2D eigenvalue weighted by Crippen LogP contribution is -2.41. The molecule has 2 aromatic carbocycles. The molecule has 3 aromatic rings. The molecular weight excluding hydrogens is 302 g/mol. The Bertz CT molecular complexity index is 930. The van der Waals surface area contributed by atoms with Gasteiger partial charge in [0, 0.05) is 11.8 Å². The van der Waals surface area contributed by atoms with Crippen molar-refractivity contribution in [3.05, 3.63) is 83.2 Å². The van der Waals surface area contributed by atoms with Gasteiger partial charge in [-0.1, -0.05) is 30.3 Å². The first-order valence-corrected chi connectivity index (χ1v) is 7.67. The van der Waals surface area contributed by atoms with E-state index < -0.39 is 0 Å². The zero-order valence-electron chi connectivity index (χ0n) is 12.8. The van der Waals surface area contributed by atoms with E-state index in [1.807, 2.05) is 24.3 Å². The Kier molecular flexibility index (Phi) is 3.39. The maximum absolute atomic E-state index is 12.3. The number of carbonyl (C=O) groups is 2. The van der Waals surface area contributed by atoms with Crippen LogP contribution >= 0.6 is 0 Å². The molecule has 0 aliphatic heterocycles. The van der Waals surface area contributed by atoms with Crippen LogP contribution in [0, 0.1) is 0 Å². The Morgan fingerprint density at radius 2 is 1.62 bits per heavy atom. The van der Waals surface area contributed by atoms with Gasteiger partial charge in [-0.05, 0) is 52.9 Å². The van der Waals surface area contributed by atoms with Crippen LogP contribution in [-0.4, -0.2) is 16.8 Å². The van der Waals surface area contributed by atoms with Gasteiger partial charge >= 0.3 is 0 Å². The van der Waals surface area contributed by atoms with Crippen LogP contribution in [-0.2, 0) is 6.42 Å². The largest absolute Gasteiger partial charge is 0.357 e. The van der Waals surface area contributed by atoms with Gasteiger partial charge in [-0.3, -0.25) is 20.4 Å². The Morgan fingerprint density at radius 1 is 0.833 bits per heavy atom. The highest BCUT2D eigenvalue weighted by atomic mass is 16.2. The van der Waals surface area contributed by atoms with Gasteiger partial charge < -0.3 is 4.98 Å². The number of rotatable bonds is 2. The van der Waals surface area contributed by atoms with Crippen molar-refractivity contribution >= 4 is 11.8 Å². The van der Waals surface area contributed by atoms with Crippen LogP contribution in [0.5, 0.6) is 0 Å². The second-order valence-corrected chi connectivity index (χ2v) is 5.70. The third kappa shape index (κ3) is 2.46. The number of aromatic nitrogens is 1. The Balaban J connectivity index is 1.49. The van der Waals surface area contributed by atoms with Crippen molar-refractivity contribution in [2.45, 2.75) is 6.42 Å². The van der Waals surface area contributed by atoms with Gasteiger partial charge in [-0.25, -0.2) is 0 Å². The first-order valence-electron chi connectivity index (χ1n) is 7.67. The standard InChI is InChI=1S/C19H15N3O2/c23-18(21-22-19(24)17-6-3-9-20-17)13-7-8-16-14(11-13)10-12-4-1-2-5-15(12)16/h1-9,11,20H,10H2,(H,21,23)(H,22,24). The van der Waals surface area contributed by atoms with Crippen molar-refractivity contribution in [3.8, 4) is 11.1 Å². The van der Waals surface area contributed by atoms with Gasteiger partial charge in [-0.15, -0.1) is 0 Å². The van der Waals surface area contributed by atoms with Crippen molar-refractivity contribution in [2.24, 2.45) is 0 Å². The van der Waals surface area contributed by atoms with Gasteiger partial charge in [0.1, 0.15) is 5.69 Å². The molecule has 24 heavy (non-hydrogen) atoms. The molecule has 5 nitrogen and oxygen atoms in total. The minimum atomic E-state index is -0.387. The molecular formula is C19H15N3O2. The van der Waals surface area contributed by atoms with Crippen LogP contribution in [0.4, 0.5) is 0 Å². The number of fused-ring (bicyclic) bond motifs is 3. The minimum absolute atomic E-state index is 0.339. The van der Waals surface area contributed by atoms with E-state index in [2.05, 4.69) is 28.0 Å². The van der Waals surface area contributed by atoms with E-state index in [4.69, 9.17) is 0 Å². The molecule has 0 unspecified atom stereocenters. The van der Waals surface area contributed by atoms with Crippen LogP contribution in [0.2, 0.25) is 0 Å². The molecule has 0 bridgehead atoms. The first-order chi connectivity index (χ1) is 11.7. The summed E-state index contributed by atoms with van der Waals surface area (Å²) >= 11 is 0. The number of amides is 2. The summed E-state index contributed by atoms with van der Waals surface area (Å²) in [7, 11) is 0. The fraction of sp³-hybridized carbons (Fsp3) is 0.0526. The summed E-state index contributed by atoms with van der Waals surface area (Å²) in [5, 5.41) is 0. The number of carbonyl (C=O) groups excluding carboxylic acids is 2. The van der Waals surface area contributed by atoms with E-state index in [0.29, 0.717) is 11.3 Å². The van der Waals surface area contributed by atoms with Gasteiger partial charge in [0.2, 0.25) is 0 Å². The molecule has 0 saturated carbocycles. The third-order valence-corrected chi connectivity index (χ3v) is 4.19. The van der Waals surface area contributed by atoms with Gasteiger partial charge in [0.05, 0.1) is 0 Å². The Hall–Kier alpha value is -3.34. The molecule has 1 heterocycles. The van der Waals surface area contributed by atoms with Crippen LogP contribution in [0.15, 0.2) is 60.8 Å². The average molecular weight is 317 g/mol. The number of nitrogens with one attached hydrogen (secondary N) is 3. The van der Waals surface area contributed by atoms with Gasteiger partial charge in [0.25, 0.3) is 11.8 Å². The maximum atomic E-state index is 12.3. The Morgan fingerprint density at radius 3 is 2.46 bits per heavy atom. The lowest BCUT2D eigenvalue weighted by molar-refractivity contribution is 0.0844. The predicted molar refractivity (Wildman–Crippen MR) is 90.4 cm³/mol. The monoisotopic (exact) mass is 317 g/mol. The van der Waals surface area contributed by atoms with Crippen molar-refractivity contribution in [2.75, 3.05) is 0 Å². The fourth-order valence-corrected chi connectivity index (χ4v) is 3.01. The summed E-state index contributed by atoms with van der Waals surface area (Å²) in [6.07, 6.45) is 2.47. The highest BCUT2D eigenvalue weighted by Crippen LogP contribution is 2.36. The lowest BCUT2D eigenvalue weighted by Gasteiger charge is -2.08. The molecule has 0 saturated heterocycles. The topological polar surface area (TPSA) is 74.0 Å². The lowest BCUT2D eigenvalue weighted by atomic mass is 10.0. The van der Waals surface area contributed by atoms with E-state index in [1.165, 1.54) is 11.1 Å². The van der Waals surface area contributed by atoms with E-state index in [-0.39, 0.29) is 11.8 Å². The zero-order chi connectivity index (χ0) is 16.5. The average Bonchev–Trinajstić information content (AvgIpc) is 3.26. The number of hydrogen-bond acceptors (Lipinski definition) is 2. The summed E-state index contributed by atoms with van der Waals surface area (Å²) < 4.78 is 0. The van der Waals surface area contributed by atoms with Crippen molar-refractivity contribution in [1.29, 1.82) is 0 Å². The molecule has 1 aliphatic rings. The van der Waals surface area contributed by atoms with Crippen LogP contribution in [0.1, 0.15) is 32.0 Å². The second-order valence-electron chi connectivity index (χ2n) is 5.70. The quantitative estimate of drug-likeness (QED) is 0.497. The first kappa shape index (κ1) is 14.3. The maximum Gasteiger partial charge on any atom is 0.286 e. The molecule has 5 heteroatoms. The molecule has 2 amide bonds. The molecule has 0 spiro atoms. The molecule has 4 rings (SSSR count). The second kappa shape index (κ2) is 5.70. The predicted octanol–water partition coefficient (Wildman–Crippen LogP) is 2.66. The SMILES string of the molecule is O=C(NNC(=O)c1ccc[nH]1)c1ccc2c(c1)Cc1ccccc1-2. The van der Waals surface area contributed by atoms with E-state index in [1.54, 1.807) is 24.4 Å². The smallest absolute Gasteiger partial charge is 0.286 e. The van der Waals surface area contributed by atoms with E-state index >= 15 is 0 Å². The molecule has 3 N–H and O–H groups in total. The molecule has 1 aliphatic carbocycles. The number of benzene rings is 2. The van der Waals surface area contributed by atoms with E-state index in [0.717, 1.165) is 17.5 Å². The van der Waals surface area contributed by atoms with Crippen LogP contribution in [0.25, 0.3) is 11.1 Å². The van der Waals surface area contributed by atoms with Crippen molar-refractivity contribution < 1.29 is 9.59 Å². The molecule has 0 atom stereocenters.